The molecule has 2 nitrogen and oxygen atoms in total. The number of halogens is 2. The standard InChI is InChI=1S/C25H24F2NO/c1-14-8-9-18-20-12-17(26)11-19(16-6-4-5-7-16)24(20)29-25(18)23(14)22-10-15(2)21(27)13-28(22)3/h8-13,16H,4-7H2,1-3H3/q+1/i2D3,16D. The molecule has 2 aromatic heterocycles. The van der Waals surface area contributed by atoms with Crippen molar-refractivity contribution in [1.82, 2.24) is 0 Å². The number of rotatable bonds is 2. The highest BCUT2D eigenvalue weighted by molar-refractivity contribution is 6.10. The van der Waals surface area contributed by atoms with Crippen molar-refractivity contribution in [3.05, 3.63) is 64.9 Å². The molecular formula is C25H24F2NO+. The number of hydrogen-bond acceptors (Lipinski definition) is 1. The third kappa shape index (κ3) is 2.85. The highest BCUT2D eigenvalue weighted by Gasteiger charge is 2.26. The van der Waals surface area contributed by atoms with E-state index in [4.69, 9.17) is 9.90 Å². The Bertz CT molecular complexity index is 1420. The minimum Gasteiger partial charge on any atom is -0.455 e. The van der Waals surface area contributed by atoms with Crippen LogP contribution in [-0.4, -0.2) is 0 Å². The van der Waals surface area contributed by atoms with Crippen LogP contribution in [0.4, 0.5) is 8.78 Å². The van der Waals surface area contributed by atoms with Crippen LogP contribution in [0, 0.1) is 25.4 Å². The van der Waals surface area contributed by atoms with Gasteiger partial charge in [0.1, 0.15) is 24.0 Å². The van der Waals surface area contributed by atoms with E-state index in [-0.39, 0.29) is 5.56 Å². The van der Waals surface area contributed by atoms with Crippen LogP contribution in [0.1, 0.15) is 53.8 Å². The van der Waals surface area contributed by atoms with Gasteiger partial charge in [0.2, 0.25) is 11.9 Å². The number of fused-ring (bicyclic) bond motifs is 3. The van der Waals surface area contributed by atoms with E-state index in [1.165, 1.54) is 22.8 Å². The van der Waals surface area contributed by atoms with Crippen molar-refractivity contribution in [2.75, 3.05) is 0 Å². The monoisotopic (exact) mass is 396 g/mol. The van der Waals surface area contributed by atoms with Crippen LogP contribution < -0.4 is 4.57 Å². The third-order valence-corrected chi connectivity index (χ3v) is 5.98. The molecule has 1 aliphatic carbocycles. The van der Waals surface area contributed by atoms with Crippen LogP contribution in [0.25, 0.3) is 33.2 Å². The van der Waals surface area contributed by atoms with Crippen LogP contribution in [0.5, 0.6) is 0 Å². The predicted octanol–water partition coefficient (Wildman–Crippen LogP) is 6.63. The first-order valence-corrected chi connectivity index (χ1v) is 9.85. The molecule has 5 rings (SSSR count). The summed E-state index contributed by atoms with van der Waals surface area (Å²) >= 11 is 0. The SMILES string of the molecule is [2H]C([2H])([2H])c1cc(-c2c(C)ccc3c2oc2c(C4([2H])CCCC4)cc(F)cc23)[n+](C)cc1F. The van der Waals surface area contributed by atoms with Crippen molar-refractivity contribution in [3.8, 4) is 11.3 Å². The molecule has 0 radical (unpaired) electrons. The molecular weight excluding hydrogens is 368 g/mol. The smallest absolute Gasteiger partial charge is 0.216 e. The second-order valence-corrected chi connectivity index (χ2v) is 7.91. The van der Waals surface area contributed by atoms with Gasteiger partial charge in [0.15, 0.2) is 5.82 Å². The first-order chi connectivity index (χ1) is 15.5. The van der Waals surface area contributed by atoms with Crippen LogP contribution >= 0.6 is 0 Å². The quantitative estimate of drug-likeness (QED) is 0.348. The Morgan fingerprint density at radius 1 is 1.07 bits per heavy atom. The van der Waals surface area contributed by atoms with E-state index >= 15 is 0 Å². The summed E-state index contributed by atoms with van der Waals surface area (Å²) in [7, 11) is 1.64. The van der Waals surface area contributed by atoms with Crippen LogP contribution in [0.3, 0.4) is 0 Å². The number of aromatic nitrogens is 1. The van der Waals surface area contributed by atoms with E-state index in [0.29, 0.717) is 51.6 Å². The second-order valence-electron chi connectivity index (χ2n) is 7.91. The zero-order valence-corrected chi connectivity index (χ0v) is 16.4. The number of aryl methyl sites for hydroxylation is 3. The largest absolute Gasteiger partial charge is 0.455 e. The van der Waals surface area contributed by atoms with Crippen molar-refractivity contribution >= 4 is 21.9 Å². The predicted molar refractivity (Wildman–Crippen MR) is 111 cm³/mol. The summed E-state index contributed by atoms with van der Waals surface area (Å²) in [4.78, 5) is 0. The molecule has 0 saturated heterocycles. The van der Waals surface area contributed by atoms with E-state index in [1.807, 2.05) is 19.1 Å². The number of hydrogen-bond donors (Lipinski definition) is 0. The van der Waals surface area contributed by atoms with Crippen molar-refractivity contribution in [2.24, 2.45) is 7.05 Å². The van der Waals surface area contributed by atoms with Gasteiger partial charge in [0, 0.05) is 27.9 Å². The van der Waals surface area contributed by atoms with Gasteiger partial charge in [-0.15, -0.1) is 0 Å². The Labute approximate surface area is 174 Å². The third-order valence-electron chi connectivity index (χ3n) is 5.98. The van der Waals surface area contributed by atoms with E-state index in [1.54, 1.807) is 7.05 Å². The molecule has 0 spiro atoms. The summed E-state index contributed by atoms with van der Waals surface area (Å²) in [5.74, 6) is -2.13. The zero-order chi connectivity index (χ0) is 23.7. The summed E-state index contributed by atoms with van der Waals surface area (Å²) in [6, 6.07) is 7.87. The number of nitrogens with zero attached hydrogens (tertiary/aromatic N) is 1. The van der Waals surface area contributed by atoms with Gasteiger partial charge in [-0.2, -0.15) is 4.57 Å². The van der Waals surface area contributed by atoms with Crippen molar-refractivity contribution < 1.29 is 23.2 Å². The Morgan fingerprint density at radius 3 is 2.62 bits per heavy atom. The lowest BCUT2D eigenvalue weighted by atomic mass is 9.94. The van der Waals surface area contributed by atoms with Gasteiger partial charge in [-0.1, -0.05) is 25.0 Å². The van der Waals surface area contributed by atoms with Gasteiger partial charge >= 0.3 is 0 Å². The summed E-state index contributed by atoms with van der Waals surface area (Å²) in [6.45, 7) is -0.746. The Hall–Kier alpha value is -2.75. The summed E-state index contributed by atoms with van der Waals surface area (Å²) in [6.07, 6.45) is 4.26. The average molecular weight is 396 g/mol. The van der Waals surface area contributed by atoms with Crippen LogP contribution in [0.15, 0.2) is 40.9 Å². The van der Waals surface area contributed by atoms with E-state index in [2.05, 4.69) is 0 Å². The highest BCUT2D eigenvalue weighted by atomic mass is 19.1. The average Bonchev–Trinajstić information content (AvgIpc) is 3.31. The molecule has 0 aliphatic heterocycles. The summed E-state index contributed by atoms with van der Waals surface area (Å²) < 4.78 is 69.1. The fourth-order valence-corrected chi connectivity index (χ4v) is 4.52. The van der Waals surface area contributed by atoms with Gasteiger partial charge in [-0.05, 0) is 55.8 Å². The molecule has 0 N–H and O–H groups in total. The molecule has 2 aromatic carbocycles. The van der Waals surface area contributed by atoms with Crippen molar-refractivity contribution in [1.29, 1.82) is 0 Å². The van der Waals surface area contributed by atoms with Gasteiger partial charge in [-0.3, -0.25) is 0 Å². The fourth-order valence-electron chi connectivity index (χ4n) is 4.52. The maximum Gasteiger partial charge on any atom is 0.216 e. The molecule has 1 fully saturated rings. The van der Waals surface area contributed by atoms with E-state index < -0.39 is 24.4 Å². The minimum absolute atomic E-state index is 0.370. The second kappa shape index (κ2) is 6.65. The van der Waals surface area contributed by atoms with Gasteiger partial charge in [-0.25, -0.2) is 8.78 Å². The number of pyridine rings is 1. The summed E-state index contributed by atoms with van der Waals surface area (Å²) in [5.41, 5.74) is 3.03. The zero-order valence-electron chi connectivity index (χ0n) is 20.4. The molecule has 0 atom stereocenters. The molecule has 29 heavy (non-hydrogen) atoms. The molecule has 4 aromatic rings. The topological polar surface area (TPSA) is 17.0 Å². The first-order valence-electron chi connectivity index (χ1n) is 11.9. The Kier molecular flexibility index (Phi) is 3.27. The molecule has 0 bridgehead atoms. The maximum atomic E-state index is 14.7. The molecule has 0 amide bonds. The van der Waals surface area contributed by atoms with E-state index in [0.717, 1.165) is 24.6 Å². The molecule has 148 valence electrons. The van der Waals surface area contributed by atoms with Gasteiger partial charge in [0.25, 0.3) is 0 Å². The number of furan rings is 1. The fraction of sp³-hybridized carbons (Fsp3) is 0.320. The lowest BCUT2D eigenvalue weighted by molar-refractivity contribution is -0.662. The first kappa shape index (κ1) is 14.3. The van der Waals surface area contributed by atoms with Gasteiger partial charge in [0.05, 0.1) is 5.56 Å². The molecule has 0 unspecified atom stereocenters. The van der Waals surface area contributed by atoms with Crippen molar-refractivity contribution in [2.45, 2.75) is 45.4 Å². The van der Waals surface area contributed by atoms with Gasteiger partial charge < -0.3 is 4.42 Å². The molecule has 2 heterocycles. The highest BCUT2D eigenvalue weighted by Crippen LogP contribution is 2.43. The lowest BCUT2D eigenvalue weighted by Gasteiger charge is -2.10. The van der Waals surface area contributed by atoms with Crippen LogP contribution in [0.2, 0.25) is 0 Å². The Morgan fingerprint density at radius 2 is 1.86 bits per heavy atom. The van der Waals surface area contributed by atoms with Crippen LogP contribution in [-0.2, 0) is 7.05 Å². The lowest BCUT2D eigenvalue weighted by Crippen LogP contribution is -2.31. The number of benzene rings is 2. The maximum absolute atomic E-state index is 14.7. The minimum atomic E-state index is -2.61. The van der Waals surface area contributed by atoms with E-state index in [9.17, 15) is 8.78 Å². The Balaban J connectivity index is 1.86. The molecule has 4 heteroatoms. The molecule has 1 aliphatic rings. The summed E-state index contributed by atoms with van der Waals surface area (Å²) in [5, 5.41) is 1.26. The molecule has 1 saturated carbocycles. The van der Waals surface area contributed by atoms with Crippen molar-refractivity contribution in [3.63, 3.8) is 0 Å². The normalized spacial score (nSPS) is 18.6.